The summed E-state index contributed by atoms with van der Waals surface area (Å²) in [4.78, 5) is 15.2. The molecule has 0 radical (unpaired) electrons. The standard InChI is InChI=1S/CH2NO3P.K.H/c2-1-6(3,4)5;;/h(H2,3,4,5);;/q;+1;-1. The number of nitriles is 1. The first-order valence-corrected chi connectivity index (χ1v) is 2.64. The number of hydrogen-bond acceptors (Lipinski definition) is 2. The normalized spacial score (nSPS) is 8.71. The van der Waals surface area contributed by atoms with Crippen LogP contribution in [0.5, 0.6) is 0 Å². The Morgan fingerprint density at radius 3 is 1.86 bits per heavy atom. The second-order valence-corrected chi connectivity index (χ2v) is 1.93. The fourth-order valence-electron chi connectivity index (χ4n) is 0. The van der Waals surface area contributed by atoms with E-state index in [0.29, 0.717) is 0 Å². The van der Waals surface area contributed by atoms with Crippen LogP contribution in [0.4, 0.5) is 0 Å². The van der Waals surface area contributed by atoms with E-state index in [2.05, 4.69) is 0 Å². The van der Waals surface area contributed by atoms with Crippen molar-refractivity contribution < 1.29 is 67.2 Å². The van der Waals surface area contributed by atoms with E-state index >= 15 is 0 Å². The molecule has 0 saturated heterocycles. The predicted octanol–water partition coefficient (Wildman–Crippen LogP) is -3.24. The van der Waals surface area contributed by atoms with Gasteiger partial charge in [0, 0.05) is 0 Å². The average Bonchev–Trinajstić information content (AvgIpc) is 1.35. The minimum absolute atomic E-state index is 0. The zero-order chi connectivity index (χ0) is 5.21. The van der Waals surface area contributed by atoms with E-state index in [0.717, 1.165) is 5.81 Å². The molecule has 0 aromatic heterocycles. The van der Waals surface area contributed by atoms with Crippen LogP contribution in [-0.4, -0.2) is 9.79 Å². The number of rotatable bonds is 0. The van der Waals surface area contributed by atoms with Crippen molar-refractivity contribution in [1.29, 1.82) is 5.26 Å². The molecule has 0 bridgehead atoms. The summed E-state index contributed by atoms with van der Waals surface area (Å²) in [5.74, 6) is 0.771. The molecule has 0 unspecified atom stereocenters. The molecular weight excluding hydrogens is 144 g/mol. The molecule has 0 aliphatic heterocycles. The van der Waals surface area contributed by atoms with Crippen LogP contribution in [0.15, 0.2) is 0 Å². The van der Waals surface area contributed by atoms with Crippen molar-refractivity contribution >= 4 is 7.60 Å². The van der Waals surface area contributed by atoms with Gasteiger partial charge in [0.1, 0.15) is 0 Å². The first-order valence-electron chi connectivity index (χ1n) is 1.03. The zero-order valence-corrected chi connectivity index (χ0v) is 7.71. The van der Waals surface area contributed by atoms with E-state index in [1.165, 1.54) is 0 Å². The molecule has 0 aromatic carbocycles. The van der Waals surface area contributed by atoms with Gasteiger partial charge < -0.3 is 11.2 Å². The Hall–Kier alpha value is 1.28. The monoisotopic (exact) mass is 147 g/mol. The van der Waals surface area contributed by atoms with Gasteiger partial charge in [-0.2, -0.15) is 5.26 Å². The molecule has 0 amide bonds. The summed E-state index contributed by atoms with van der Waals surface area (Å²) < 4.78 is 9.33. The average molecular weight is 147 g/mol. The molecule has 0 aliphatic carbocycles. The molecule has 0 heterocycles. The van der Waals surface area contributed by atoms with Gasteiger partial charge in [-0.1, -0.05) is 0 Å². The molecule has 0 atom stereocenters. The van der Waals surface area contributed by atoms with Crippen LogP contribution in [0.1, 0.15) is 1.43 Å². The maximum Gasteiger partial charge on any atom is 1.00 e. The SMILES string of the molecule is N#CP(=O)(O)O.[H-].[K+]. The predicted molar refractivity (Wildman–Crippen MR) is 18.8 cm³/mol. The molecule has 4 nitrogen and oxygen atoms in total. The van der Waals surface area contributed by atoms with Gasteiger partial charge in [-0.15, -0.1) is 0 Å². The van der Waals surface area contributed by atoms with E-state index in [4.69, 9.17) is 15.0 Å². The summed E-state index contributed by atoms with van der Waals surface area (Å²) in [5.41, 5.74) is 0. The molecule has 0 saturated carbocycles. The van der Waals surface area contributed by atoms with Crippen LogP contribution in [0.3, 0.4) is 0 Å². The van der Waals surface area contributed by atoms with Gasteiger partial charge >= 0.3 is 59.0 Å². The maximum atomic E-state index is 9.33. The Kier molecular flexibility index (Phi) is 6.65. The van der Waals surface area contributed by atoms with Crippen molar-refractivity contribution in [2.75, 3.05) is 0 Å². The quantitative estimate of drug-likeness (QED) is 0.279. The molecule has 0 aromatic rings. The van der Waals surface area contributed by atoms with Crippen molar-refractivity contribution in [1.82, 2.24) is 0 Å². The molecule has 0 fully saturated rings. The minimum atomic E-state index is -4.34. The van der Waals surface area contributed by atoms with Crippen molar-refractivity contribution in [3.63, 3.8) is 0 Å². The van der Waals surface area contributed by atoms with Gasteiger partial charge in [0.15, 0.2) is 5.81 Å². The van der Waals surface area contributed by atoms with E-state index in [1.54, 1.807) is 0 Å². The van der Waals surface area contributed by atoms with Crippen LogP contribution in [0.2, 0.25) is 0 Å². The minimum Gasteiger partial charge on any atom is -1.00 e. The Bertz CT molecular complexity index is 126. The molecule has 2 N–H and O–H groups in total. The molecule has 6 heteroatoms. The van der Waals surface area contributed by atoms with E-state index in [-0.39, 0.29) is 52.8 Å². The smallest absolute Gasteiger partial charge is 1.00 e. The molecular formula is CH3KNO3P. The molecule has 7 heavy (non-hydrogen) atoms. The van der Waals surface area contributed by atoms with Gasteiger partial charge in [-0.3, -0.25) is 0 Å². The van der Waals surface area contributed by atoms with Crippen molar-refractivity contribution in [3.05, 3.63) is 0 Å². The third-order valence-corrected chi connectivity index (χ3v) is 0.391. The summed E-state index contributed by atoms with van der Waals surface area (Å²) >= 11 is 0. The fraction of sp³-hybridized carbons (Fsp3) is 0. The van der Waals surface area contributed by atoms with Crippen molar-refractivity contribution in [2.45, 2.75) is 0 Å². The van der Waals surface area contributed by atoms with Crippen LogP contribution in [-0.2, 0) is 4.57 Å². The van der Waals surface area contributed by atoms with Crippen molar-refractivity contribution in [3.8, 4) is 5.81 Å². The van der Waals surface area contributed by atoms with Crippen LogP contribution < -0.4 is 51.4 Å². The third-order valence-electron chi connectivity index (χ3n) is 0.130. The van der Waals surface area contributed by atoms with Crippen LogP contribution in [0.25, 0.3) is 0 Å². The summed E-state index contributed by atoms with van der Waals surface area (Å²) in [6, 6.07) is 0. The number of nitrogens with zero attached hydrogens (tertiary/aromatic N) is 1. The second-order valence-electron chi connectivity index (χ2n) is 0.644. The Labute approximate surface area is 84.6 Å². The maximum absolute atomic E-state index is 9.33. The van der Waals surface area contributed by atoms with Gasteiger partial charge in [0.25, 0.3) is 0 Å². The summed E-state index contributed by atoms with van der Waals surface area (Å²) in [5, 5.41) is 7.39. The van der Waals surface area contributed by atoms with E-state index < -0.39 is 7.60 Å². The molecule has 36 valence electrons. The van der Waals surface area contributed by atoms with Gasteiger partial charge in [-0.05, 0) is 0 Å². The third kappa shape index (κ3) is 11.1. The topological polar surface area (TPSA) is 81.3 Å². The number of hydrogen-bond donors (Lipinski definition) is 2. The first kappa shape index (κ1) is 11.1. The van der Waals surface area contributed by atoms with Crippen LogP contribution >= 0.6 is 7.60 Å². The fourth-order valence-corrected chi connectivity index (χ4v) is 0. The van der Waals surface area contributed by atoms with Gasteiger partial charge in [0.2, 0.25) is 0 Å². The molecule has 0 spiro atoms. The van der Waals surface area contributed by atoms with Crippen LogP contribution in [0, 0.1) is 11.1 Å². The second kappa shape index (κ2) is 4.18. The van der Waals surface area contributed by atoms with Crippen molar-refractivity contribution in [2.24, 2.45) is 0 Å². The molecule has 0 rings (SSSR count). The Morgan fingerprint density at radius 1 is 1.71 bits per heavy atom. The summed E-state index contributed by atoms with van der Waals surface area (Å²) in [7, 11) is -4.34. The summed E-state index contributed by atoms with van der Waals surface area (Å²) in [6.07, 6.45) is 0. The van der Waals surface area contributed by atoms with E-state index in [1.807, 2.05) is 0 Å². The van der Waals surface area contributed by atoms with Gasteiger partial charge in [-0.25, -0.2) is 4.57 Å². The Morgan fingerprint density at radius 2 is 1.86 bits per heavy atom. The summed E-state index contributed by atoms with van der Waals surface area (Å²) in [6.45, 7) is 0. The van der Waals surface area contributed by atoms with E-state index in [9.17, 15) is 4.57 Å². The van der Waals surface area contributed by atoms with Gasteiger partial charge in [0.05, 0.1) is 0 Å². The molecule has 0 aliphatic rings. The largest absolute Gasteiger partial charge is 1.00 e. The Balaban J connectivity index is -0.000000125. The zero-order valence-electron chi connectivity index (χ0n) is 4.70. The first-order chi connectivity index (χ1) is 2.56.